The lowest BCUT2D eigenvalue weighted by Crippen LogP contribution is -2.30. The molecule has 0 spiro atoms. The lowest BCUT2D eigenvalue weighted by Gasteiger charge is -2.18. The molecule has 0 aliphatic carbocycles. The van der Waals surface area contributed by atoms with Crippen molar-refractivity contribution in [2.45, 2.75) is 20.8 Å². The van der Waals surface area contributed by atoms with Gasteiger partial charge in [-0.2, -0.15) is 0 Å². The first-order chi connectivity index (χ1) is 8.50. The summed E-state index contributed by atoms with van der Waals surface area (Å²) in [5.41, 5.74) is 1.11. The second kappa shape index (κ2) is 5.11. The molecule has 0 N–H and O–H groups in total. The summed E-state index contributed by atoms with van der Waals surface area (Å²) in [7, 11) is 1.88. The third kappa shape index (κ3) is 2.41. The normalized spacial score (nSPS) is 11.2. The van der Waals surface area contributed by atoms with Gasteiger partial charge in [-0.05, 0) is 29.9 Å². The molecule has 2 aromatic rings. The number of carbonyl (C=O) groups is 1. The molecule has 1 heterocycles. The topological polar surface area (TPSA) is 20.3 Å². The number of benzene rings is 1. The Morgan fingerprint density at radius 3 is 2.61 bits per heavy atom. The fraction of sp³-hybridized carbons (Fsp3) is 0.400. The van der Waals surface area contributed by atoms with E-state index in [0.29, 0.717) is 5.92 Å². The predicted octanol–water partition coefficient (Wildman–Crippen LogP) is 3.94. The second-order valence-electron chi connectivity index (χ2n) is 5.13. The quantitative estimate of drug-likeness (QED) is 0.819. The summed E-state index contributed by atoms with van der Waals surface area (Å²) in [5, 5.41) is 1.20. The molecule has 2 nitrogen and oxygen atoms in total. The number of hydrogen-bond acceptors (Lipinski definition) is 2. The number of thiophene rings is 1. The van der Waals surface area contributed by atoms with Crippen molar-refractivity contribution < 1.29 is 4.79 Å². The molecule has 0 atom stereocenters. The zero-order valence-electron chi connectivity index (χ0n) is 11.4. The number of fused-ring (bicyclic) bond motifs is 1. The summed E-state index contributed by atoms with van der Waals surface area (Å²) in [6.07, 6.45) is 0. The van der Waals surface area contributed by atoms with E-state index in [4.69, 9.17) is 0 Å². The van der Waals surface area contributed by atoms with Crippen LogP contribution in [-0.4, -0.2) is 24.4 Å². The van der Waals surface area contributed by atoms with Gasteiger partial charge in [0.05, 0.1) is 4.88 Å². The van der Waals surface area contributed by atoms with Crippen LogP contribution < -0.4 is 0 Å². The Morgan fingerprint density at radius 1 is 1.33 bits per heavy atom. The minimum atomic E-state index is 0.141. The van der Waals surface area contributed by atoms with Crippen molar-refractivity contribution in [2.24, 2.45) is 5.92 Å². The highest BCUT2D eigenvalue weighted by Gasteiger charge is 2.19. The van der Waals surface area contributed by atoms with E-state index in [9.17, 15) is 4.79 Å². The molecule has 0 saturated carbocycles. The second-order valence-corrected chi connectivity index (χ2v) is 6.18. The van der Waals surface area contributed by atoms with Crippen molar-refractivity contribution in [3.8, 4) is 0 Å². The molecule has 18 heavy (non-hydrogen) atoms. The fourth-order valence-corrected chi connectivity index (χ4v) is 3.39. The molecule has 0 bridgehead atoms. The van der Waals surface area contributed by atoms with Crippen LogP contribution in [0.1, 0.15) is 29.1 Å². The van der Waals surface area contributed by atoms with E-state index in [2.05, 4.69) is 26.0 Å². The first-order valence-corrected chi connectivity index (χ1v) is 7.06. The van der Waals surface area contributed by atoms with Crippen LogP contribution in [0.3, 0.4) is 0 Å². The van der Waals surface area contributed by atoms with Crippen molar-refractivity contribution in [1.29, 1.82) is 0 Å². The predicted molar refractivity (Wildman–Crippen MR) is 78.4 cm³/mol. The number of carbonyl (C=O) groups excluding carboxylic acids is 1. The average molecular weight is 261 g/mol. The Balaban J connectivity index is 2.36. The van der Waals surface area contributed by atoms with Gasteiger partial charge in [-0.1, -0.05) is 32.0 Å². The highest BCUT2D eigenvalue weighted by molar-refractivity contribution is 7.21. The Hall–Kier alpha value is -1.35. The monoisotopic (exact) mass is 261 g/mol. The maximum atomic E-state index is 12.4. The SMILES string of the molecule is Cc1c(C(=O)N(C)CC(C)C)sc2ccccc12. The van der Waals surface area contributed by atoms with Crippen molar-refractivity contribution in [3.63, 3.8) is 0 Å². The average Bonchev–Trinajstić information content (AvgIpc) is 2.66. The van der Waals surface area contributed by atoms with E-state index in [1.807, 2.05) is 31.0 Å². The molecule has 0 aliphatic rings. The third-order valence-electron chi connectivity index (χ3n) is 3.02. The maximum absolute atomic E-state index is 12.4. The number of amides is 1. The summed E-state index contributed by atoms with van der Waals surface area (Å²) in [6.45, 7) is 7.09. The molecule has 96 valence electrons. The van der Waals surface area contributed by atoms with Crippen LogP contribution in [0.15, 0.2) is 24.3 Å². The standard InChI is InChI=1S/C15H19NOS/c1-10(2)9-16(4)15(17)14-11(3)12-7-5-6-8-13(12)18-14/h5-8,10H,9H2,1-4H3. The number of rotatable bonds is 3. The molecule has 0 saturated heterocycles. The van der Waals surface area contributed by atoms with E-state index in [1.165, 1.54) is 10.1 Å². The molecule has 1 aromatic carbocycles. The Morgan fingerprint density at radius 2 is 2.00 bits per heavy atom. The Kier molecular flexibility index (Phi) is 3.71. The lowest BCUT2D eigenvalue weighted by atomic mass is 10.1. The molecule has 0 fully saturated rings. The van der Waals surface area contributed by atoms with Gasteiger partial charge in [0.25, 0.3) is 5.91 Å². The lowest BCUT2D eigenvalue weighted by molar-refractivity contribution is 0.0783. The molecular weight excluding hydrogens is 242 g/mol. The van der Waals surface area contributed by atoms with Gasteiger partial charge >= 0.3 is 0 Å². The number of hydrogen-bond donors (Lipinski definition) is 0. The molecule has 0 radical (unpaired) electrons. The van der Waals surface area contributed by atoms with E-state index < -0.39 is 0 Å². The van der Waals surface area contributed by atoms with Crippen molar-refractivity contribution in [3.05, 3.63) is 34.7 Å². The molecule has 0 unspecified atom stereocenters. The first kappa shape index (κ1) is 13.1. The zero-order valence-corrected chi connectivity index (χ0v) is 12.2. The minimum Gasteiger partial charge on any atom is -0.341 e. The van der Waals surface area contributed by atoms with Crippen LogP contribution in [0.5, 0.6) is 0 Å². The zero-order chi connectivity index (χ0) is 13.3. The van der Waals surface area contributed by atoms with Gasteiger partial charge in [-0.25, -0.2) is 0 Å². The van der Waals surface area contributed by atoms with E-state index in [1.54, 1.807) is 11.3 Å². The summed E-state index contributed by atoms with van der Waals surface area (Å²) >= 11 is 1.60. The van der Waals surface area contributed by atoms with E-state index in [-0.39, 0.29) is 5.91 Å². The van der Waals surface area contributed by atoms with Gasteiger partial charge in [0.15, 0.2) is 0 Å². The molecule has 1 aromatic heterocycles. The molecule has 0 aliphatic heterocycles. The van der Waals surface area contributed by atoms with Gasteiger partial charge < -0.3 is 4.90 Å². The van der Waals surface area contributed by atoms with E-state index >= 15 is 0 Å². The van der Waals surface area contributed by atoms with Crippen LogP contribution in [0.2, 0.25) is 0 Å². The fourth-order valence-electron chi connectivity index (χ4n) is 2.18. The van der Waals surface area contributed by atoms with Crippen molar-refractivity contribution >= 4 is 27.3 Å². The smallest absolute Gasteiger partial charge is 0.263 e. The highest BCUT2D eigenvalue weighted by atomic mass is 32.1. The highest BCUT2D eigenvalue weighted by Crippen LogP contribution is 2.31. The van der Waals surface area contributed by atoms with Crippen LogP contribution in [0.25, 0.3) is 10.1 Å². The molecular formula is C15H19NOS. The summed E-state index contributed by atoms with van der Waals surface area (Å²) in [4.78, 5) is 15.1. The summed E-state index contributed by atoms with van der Waals surface area (Å²) in [6, 6.07) is 8.20. The van der Waals surface area contributed by atoms with Gasteiger partial charge in [0.1, 0.15) is 0 Å². The van der Waals surface area contributed by atoms with Gasteiger partial charge in [0, 0.05) is 18.3 Å². The largest absolute Gasteiger partial charge is 0.341 e. The van der Waals surface area contributed by atoms with E-state index in [0.717, 1.165) is 17.0 Å². The maximum Gasteiger partial charge on any atom is 0.263 e. The molecule has 2 rings (SSSR count). The number of nitrogens with zero attached hydrogens (tertiary/aromatic N) is 1. The van der Waals surface area contributed by atoms with Gasteiger partial charge in [-0.3, -0.25) is 4.79 Å². The van der Waals surface area contributed by atoms with Gasteiger partial charge in [0.2, 0.25) is 0 Å². The molecule has 3 heteroatoms. The van der Waals surface area contributed by atoms with Crippen molar-refractivity contribution in [2.75, 3.05) is 13.6 Å². The Labute approximate surface area is 112 Å². The Bertz CT molecular complexity index is 571. The summed E-state index contributed by atoms with van der Waals surface area (Å²) in [5.74, 6) is 0.635. The van der Waals surface area contributed by atoms with Crippen LogP contribution in [0, 0.1) is 12.8 Å². The minimum absolute atomic E-state index is 0.141. The van der Waals surface area contributed by atoms with Gasteiger partial charge in [-0.15, -0.1) is 11.3 Å². The first-order valence-electron chi connectivity index (χ1n) is 6.24. The van der Waals surface area contributed by atoms with Crippen molar-refractivity contribution in [1.82, 2.24) is 4.90 Å². The van der Waals surface area contributed by atoms with Crippen LogP contribution in [0.4, 0.5) is 0 Å². The van der Waals surface area contributed by atoms with Crippen LogP contribution >= 0.6 is 11.3 Å². The van der Waals surface area contributed by atoms with Crippen LogP contribution in [-0.2, 0) is 0 Å². The number of aryl methyl sites for hydroxylation is 1. The summed E-state index contributed by atoms with van der Waals surface area (Å²) < 4.78 is 1.19. The third-order valence-corrected chi connectivity index (χ3v) is 4.28. The molecule has 1 amide bonds.